The quantitative estimate of drug-likeness (QED) is 0.143. The minimum atomic E-state index is -3.92. The molecule has 3 aromatic heterocycles. The van der Waals surface area contributed by atoms with Gasteiger partial charge in [-0.2, -0.15) is 0 Å². The van der Waals surface area contributed by atoms with Crippen LogP contribution >= 0.6 is 27.0 Å². The Labute approximate surface area is 273 Å². The molecule has 10 atom stereocenters. The number of methoxy groups -OCH3 is 2. The molecule has 0 spiro atoms. The molecule has 0 aliphatic carbocycles. The summed E-state index contributed by atoms with van der Waals surface area (Å²) < 4.78 is 79.7. The maximum absolute atomic E-state index is 16.2. The Hall–Kier alpha value is -2.68. The molecule has 0 radical (unpaired) electrons. The fourth-order valence-corrected chi connectivity index (χ4v) is 8.52. The molecule has 0 bridgehead atoms. The molecule has 0 aromatic carbocycles. The first kappa shape index (κ1) is 34.2. The van der Waals surface area contributed by atoms with Crippen LogP contribution in [0.3, 0.4) is 0 Å². The number of rotatable bonds is 13. The number of nitrogens with zero attached hydrogens (tertiary/aromatic N) is 7. The fourth-order valence-electron chi connectivity index (χ4n) is 5.96. The van der Waals surface area contributed by atoms with Crippen molar-refractivity contribution in [3.05, 3.63) is 30.4 Å². The molecule has 6 heterocycles. The molecule has 6 rings (SSSR count). The van der Waals surface area contributed by atoms with Gasteiger partial charge in [-0.05, 0) is 13.8 Å². The summed E-state index contributed by atoms with van der Waals surface area (Å²) in [6.45, 7) is -0.627. The van der Waals surface area contributed by atoms with Gasteiger partial charge in [0.25, 0.3) is 0 Å². The molecule has 0 saturated carbocycles. The molecule has 3 aliphatic rings. The second-order valence-electron chi connectivity index (χ2n) is 10.9. The Morgan fingerprint density at radius 1 is 1.15 bits per heavy atom. The Kier molecular flexibility index (Phi) is 10.2. The number of anilines is 1. The van der Waals surface area contributed by atoms with Gasteiger partial charge in [0.15, 0.2) is 41.8 Å². The van der Waals surface area contributed by atoms with E-state index in [4.69, 9.17) is 33.7 Å². The number of aliphatic imine (C=N–C) groups is 1. The standard InChI is InChI=1S/C24H34FN11O8P2S/c1-10-15-20(29-7-28-10)35(8-30-15)22-14(25)17(12(42-22)5-39-3)34-46(38,47-27)41-6-13-18(40-4)19(44-45-37)23(43-13)36-9-31-16-11(2)32-24(26)33-21(16)36/h7-9,11-14,17-19,22-23H,5-6,27H2,1-4H3,(H,34,38)(H3,26,32,33)/p+1. The lowest BCUT2D eigenvalue weighted by Crippen LogP contribution is -2.46. The van der Waals surface area contributed by atoms with Crippen LogP contribution in [0.4, 0.5) is 10.2 Å². The summed E-state index contributed by atoms with van der Waals surface area (Å²) in [5.74, 6) is 0.706. The van der Waals surface area contributed by atoms with E-state index in [0.717, 1.165) is 0 Å². The molecule has 3 aromatic rings. The van der Waals surface area contributed by atoms with Crippen molar-refractivity contribution < 1.29 is 46.7 Å². The first-order chi connectivity index (χ1) is 22.6. The van der Waals surface area contributed by atoms with Crippen LogP contribution in [0.5, 0.6) is 0 Å². The van der Waals surface area contributed by atoms with E-state index >= 15 is 4.39 Å². The third kappa shape index (κ3) is 6.42. The zero-order valence-corrected chi connectivity index (χ0v) is 28.3. The Morgan fingerprint density at radius 2 is 1.91 bits per heavy atom. The van der Waals surface area contributed by atoms with Crippen molar-refractivity contribution in [3.63, 3.8) is 0 Å². The number of nitrogens with one attached hydrogen (secondary N) is 2. The summed E-state index contributed by atoms with van der Waals surface area (Å²) in [5, 5.41) is 9.52. The van der Waals surface area contributed by atoms with E-state index in [0.29, 0.717) is 39.9 Å². The van der Waals surface area contributed by atoms with Crippen LogP contribution in [-0.4, -0.2) is 99.1 Å². The largest absolute Gasteiger partial charge is 0.382 e. The number of guanidine groups is 1. The number of imidazole rings is 2. The van der Waals surface area contributed by atoms with Crippen LogP contribution in [0.25, 0.3) is 11.2 Å². The van der Waals surface area contributed by atoms with Gasteiger partial charge in [-0.3, -0.25) is 23.4 Å². The number of alkyl halides is 1. The molecule has 2 saturated heterocycles. The average molecular weight is 719 g/mol. The van der Waals surface area contributed by atoms with Crippen molar-refractivity contribution in [1.82, 2.24) is 34.2 Å². The third-order valence-electron chi connectivity index (χ3n) is 8.16. The Morgan fingerprint density at radius 3 is 2.64 bits per heavy atom. The van der Waals surface area contributed by atoms with Gasteiger partial charge in [-0.15, -0.1) is 0 Å². The summed E-state index contributed by atoms with van der Waals surface area (Å²) in [6.07, 6.45) is -2.97. The van der Waals surface area contributed by atoms with E-state index in [1.54, 1.807) is 11.5 Å². The molecule has 47 heavy (non-hydrogen) atoms. The number of halogens is 1. The number of nitrogens with two attached hydrogens (primary N) is 1. The van der Waals surface area contributed by atoms with E-state index in [-0.39, 0.29) is 25.2 Å². The molecule has 3 aliphatic heterocycles. The Balaban J connectivity index is 1.20. The highest BCUT2D eigenvalue weighted by atomic mass is 32.7. The fraction of sp³-hybridized carbons (Fsp3) is 0.625. The predicted octanol–water partition coefficient (Wildman–Crippen LogP) is 1.19. The summed E-state index contributed by atoms with van der Waals surface area (Å²) in [4.78, 5) is 21.4. The lowest BCUT2D eigenvalue weighted by molar-refractivity contribution is -0.133. The smallest absolute Gasteiger partial charge is 0.382 e. The lowest BCUT2D eigenvalue weighted by Gasteiger charge is -2.25. The van der Waals surface area contributed by atoms with Crippen LogP contribution < -0.4 is 21.3 Å². The Bertz CT molecular complexity index is 1680. The van der Waals surface area contributed by atoms with Crippen molar-refractivity contribution in [3.8, 4) is 0 Å². The molecule has 19 nitrogen and oxygen atoms in total. The van der Waals surface area contributed by atoms with Crippen LogP contribution in [-0.2, 0) is 37.1 Å². The highest BCUT2D eigenvalue weighted by Crippen LogP contribution is 2.54. The van der Waals surface area contributed by atoms with Gasteiger partial charge in [0.1, 0.15) is 47.8 Å². The third-order valence-corrected chi connectivity index (χ3v) is 11.6. The van der Waals surface area contributed by atoms with E-state index in [9.17, 15) is 9.13 Å². The molecule has 23 heteroatoms. The first-order valence-corrected chi connectivity index (χ1v) is 18.3. The SMILES string of the molecule is COCC1OC(n2cnc3c(C)ncnc32)C(F)C1NP(=O)(OCC1OC(n2cnc3c2NC(N)=NC3C)C(OP=O)C1OC)S[NH3+]. The van der Waals surface area contributed by atoms with Gasteiger partial charge < -0.3 is 34.5 Å². The zero-order chi connectivity index (χ0) is 33.5. The van der Waals surface area contributed by atoms with Crippen molar-refractivity contribution in [2.75, 3.05) is 32.8 Å². The summed E-state index contributed by atoms with van der Waals surface area (Å²) in [7, 11) is 2.25. The normalized spacial score (nSPS) is 32.0. The monoisotopic (exact) mass is 718 g/mol. The van der Waals surface area contributed by atoms with Gasteiger partial charge in [0, 0.05) is 14.2 Å². The van der Waals surface area contributed by atoms with Crippen LogP contribution in [0.15, 0.2) is 24.0 Å². The van der Waals surface area contributed by atoms with Gasteiger partial charge in [0.2, 0.25) is 0 Å². The number of hydrogen-bond acceptors (Lipinski definition) is 16. The van der Waals surface area contributed by atoms with Gasteiger partial charge in [-0.25, -0.2) is 39.0 Å². The van der Waals surface area contributed by atoms with Gasteiger partial charge >= 0.3 is 15.4 Å². The van der Waals surface area contributed by atoms with E-state index in [1.807, 2.05) is 6.92 Å². The molecule has 2 fully saturated rings. The second kappa shape index (κ2) is 14.0. The maximum atomic E-state index is 16.2. The van der Waals surface area contributed by atoms with E-state index < -0.39 is 64.5 Å². The number of fused-ring (bicyclic) bond motifs is 2. The van der Waals surface area contributed by atoms with E-state index in [1.165, 1.54) is 37.8 Å². The summed E-state index contributed by atoms with van der Waals surface area (Å²) >= 11 is 0.643. The second-order valence-corrected chi connectivity index (χ2v) is 15.3. The van der Waals surface area contributed by atoms with Gasteiger partial charge in [-0.1, -0.05) is 0 Å². The number of hydrogen-bond donors (Lipinski definition) is 4. The molecule has 0 amide bonds. The number of aromatic nitrogens is 6. The highest BCUT2D eigenvalue weighted by molar-refractivity contribution is 8.52. The number of aryl methyl sites for hydroxylation is 1. The van der Waals surface area contributed by atoms with Crippen molar-refractivity contribution in [1.29, 1.82) is 0 Å². The van der Waals surface area contributed by atoms with Crippen LogP contribution in [0.2, 0.25) is 0 Å². The predicted molar refractivity (Wildman–Crippen MR) is 165 cm³/mol. The summed E-state index contributed by atoms with van der Waals surface area (Å²) in [5.41, 5.74) is 8.09. The molecular formula is C24H35FN11O8P2S+. The average Bonchev–Trinajstić information content (AvgIpc) is 3.82. The van der Waals surface area contributed by atoms with Crippen LogP contribution in [0, 0.1) is 6.92 Å². The number of quaternary nitrogens is 1. The topological polar surface area (TPSA) is 241 Å². The number of ether oxygens (including phenoxy) is 4. The highest BCUT2D eigenvalue weighted by Gasteiger charge is 2.52. The molecule has 7 N–H and O–H groups in total. The minimum absolute atomic E-state index is 0.0132. The zero-order valence-electron chi connectivity index (χ0n) is 25.7. The van der Waals surface area contributed by atoms with Crippen molar-refractivity contribution in [2.24, 2.45) is 10.7 Å². The first-order valence-electron chi connectivity index (χ1n) is 14.4. The summed E-state index contributed by atoms with van der Waals surface area (Å²) in [6, 6.07) is -1.46. The minimum Gasteiger partial charge on any atom is -0.382 e. The van der Waals surface area contributed by atoms with Gasteiger partial charge in [0.05, 0.1) is 43.6 Å². The molecule has 256 valence electrons. The van der Waals surface area contributed by atoms with E-state index in [2.05, 4.69) is 40.5 Å². The van der Waals surface area contributed by atoms with Crippen molar-refractivity contribution >= 4 is 49.9 Å². The molecule has 10 unspecified atom stereocenters. The van der Waals surface area contributed by atoms with Crippen LogP contribution in [0.1, 0.15) is 36.8 Å². The maximum Gasteiger partial charge on any atom is 0.382 e. The molecular weight excluding hydrogens is 683 g/mol. The lowest BCUT2D eigenvalue weighted by atomic mass is 10.1. The van der Waals surface area contributed by atoms with Crippen molar-refractivity contribution in [2.45, 2.75) is 69.0 Å².